The van der Waals surface area contributed by atoms with Gasteiger partial charge in [-0.3, -0.25) is 9.89 Å². The molecule has 1 saturated carbocycles. The number of aliphatic imine (C=N–C) groups is 1. The third kappa shape index (κ3) is 4.51. The standard InChI is InChI=1S/C19H28FN5/c1-13(25(3)16-5-6-16)11-24-19(21-2)22-9-8-14-12-23-18-10-15(20)4-7-17(14)18/h4,7,10,12-13,16,23H,5-6,8-9,11H2,1-3H3,(H2,21,22,24). The molecule has 5 nitrogen and oxygen atoms in total. The molecule has 136 valence electrons. The summed E-state index contributed by atoms with van der Waals surface area (Å²) in [6.07, 6.45) is 5.45. The molecular weight excluding hydrogens is 317 g/mol. The number of aromatic nitrogens is 1. The van der Waals surface area contributed by atoms with E-state index >= 15 is 0 Å². The van der Waals surface area contributed by atoms with Crippen LogP contribution in [0.5, 0.6) is 0 Å². The van der Waals surface area contributed by atoms with Gasteiger partial charge in [-0.25, -0.2) is 4.39 Å². The second kappa shape index (κ2) is 7.87. The number of fused-ring (bicyclic) bond motifs is 1. The first-order valence-electron chi connectivity index (χ1n) is 9.00. The van der Waals surface area contributed by atoms with Crippen molar-refractivity contribution in [2.45, 2.75) is 38.3 Å². The summed E-state index contributed by atoms with van der Waals surface area (Å²) in [6, 6.07) is 6.11. The highest BCUT2D eigenvalue weighted by Crippen LogP contribution is 2.26. The zero-order valence-electron chi connectivity index (χ0n) is 15.3. The topological polar surface area (TPSA) is 55.5 Å². The number of H-pyrrole nitrogens is 1. The van der Waals surface area contributed by atoms with Crippen molar-refractivity contribution >= 4 is 16.9 Å². The van der Waals surface area contributed by atoms with Gasteiger partial charge in [0.25, 0.3) is 0 Å². The van der Waals surface area contributed by atoms with Gasteiger partial charge in [0.1, 0.15) is 5.82 Å². The van der Waals surface area contributed by atoms with Crippen LogP contribution in [0.3, 0.4) is 0 Å². The molecule has 0 radical (unpaired) electrons. The summed E-state index contributed by atoms with van der Waals surface area (Å²) in [7, 11) is 3.99. The van der Waals surface area contributed by atoms with E-state index in [-0.39, 0.29) is 5.82 Å². The van der Waals surface area contributed by atoms with Crippen molar-refractivity contribution in [3.05, 3.63) is 35.8 Å². The molecule has 1 unspecified atom stereocenters. The fourth-order valence-electron chi connectivity index (χ4n) is 3.13. The van der Waals surface area contributed by atoms with Crippen LogP contribution in [0, 0.1) is 5.82 Å². The molecule has 1 aromatic heterocycles. The average Bonchev–Trinajstić information content (AvgIpc) is 3.39. The number of nitrogens with one attached hydrogen (secondary N) is 3. The molecule has 6 heteroatoms. The Morgan fingerprint density at radius 1 is 1.40 bits per heavy atom. The van der Waals surface area contributed by atoms with Gasteiger partial charge in [-0.2, -0.15) is 0 Å². The Morgan fingerprint density at radius 2 is 2.20 bits per heavy atom. The summed E-state index contributed by atoms with van der Waals surface area (Å²) in [5.41, 5.74) is 2.02. The van der Waals surface area contributed by atoms with E-state index in [9.17, 15) is 4.39 Å². The lowest BCUT2D eigenvalue weighted by atomic mass is 10.1. The maximum absolute atomic E-state index is 13.3. The molecule has 0 aliphatic heterocycles. The van der Waals surface area contributed by atoms with Gasteiger partial charge < -0.3 is 15.6 Å². The lowest BCUT2D eigenvalue weighted by Crippen LogP contribution is -2.45. The number of guanidine groups is 1. The number of nitrogens with zero attached hydrogens (tertiary/aromatic N) is 2. The molecular formula is C19H28FN5. The number of rotatable bonds is 7. The van der Waals surface area contributed by atoms with E-state index in [1.54, 1.807) is 7.05 Å². The maximum atomic E-state index is 13.3. The Hall–Kier alpha value is -2.08. The first-order chi connectivity index (χ1) is 12.1. The van der Waals surface area contributed by atoms with Gasteiger partial charge in [-0.05, 0) is 57.0 Å². The summed E-state index contributed by atoms with van der Waals surface area (Å²) >= 11 is 0. The van der Waals surface area contributed by atoms with Crippen LogP contribution in [0.4, 0.5) is 4.39 Å². The predicted octanol–water partition coefficient (Wildman–Crippen LogP) is 2.50. The number of likely N-dealkylation sites (N-methyl/N-ethyl adjacent to an activating group) is 1. The molecule has 1 aliphatic carbocycles. The van der Waals surface area contributed by atoms with Crippen molar-refractivity contribution < 1.29 is 4.39 Å². The highest BCUT2D eigenvalue weighted by Gasteiger charge is 2.28. The van der Waals surface area contributed by atoms with Crippen molar-refractivity contribution in [3.63, 3.8) is 0 Å². The normalized spacial score (nSPS) is 16.4. The van der Waals surface area contributed by atoms with E-state index in [4.69, 9.17) is 0 Å². The third-order valence-electron chi connectivity index (χ3n) is 5.02. The number of hydrogen-bond acceptors (Lipinski definition) is 2. The second-order valence-electron chi connectivity index (χ2n) is 6.88. The monoisotopic (exact) mass is 345 g/mol. The number of halogens is 1. The van der Waals surface area contributed by atoms with Crippen molar-refractivity contribution in [1.82, 2.24) is 20.5 Å². The molecule has 0 amide bonds. The van der Waals surface area contributed by atoms with Crippen LogP contribution in [0.25, 0.3) is 10.9 Å². The van der Waals surface area contributed by atoms with Crippen LogP contribution in [0.1, 0.15) is 25.3 Å². The van der Waals surface area contributed by atoms with Gasteiger partial charge in [0, 0.05) is 49.3 Å². The molecule has 3 rings (SSSR count). The van der Waals surface area contributed by atoms with Crippen LogP contribution in [0.2, 0.25) is 0 Å². The van der Waals surface area contributed by atoms with E-state index in [1.807, 2.05) is 12.3 Å². The minimum absolute atomic E-state index is 0.214. The van der Waals surface area contributed by atoms with E-state index in [0.717, 1.165) is 42.4 Å². The molecule has 1 aromatic carbocycles. The van der Waals surface area contributed by atoms with Crippen molar-refractivity contribution in [1.29, 1.82) is 0 Å². The van der Waals surface area contributed by atoms with E-state index in [0.29, 0.717) is 6.04 Å². The number of aromatic amines is 1. The van der Waals surface area contributed by atoms with Crippen LogP contribution in [0.15, 0.2) is 29.4 Å². The van der Waals surface area contributed by atoms with Crippen LogP contribution >= 0.6 is 0 Å². The molecule has 2 aromatic rings. The summed E-state index contributed by atoms with van der Waals surface area (Å²) in [5.74, 6) is 0.607. The number of benzene rings is 1. The van der Waals surface area contributed by atoms with Gasteiger partial charge in [0.05, 0.1) is 0 Å². The quantitative estimate of drug-likeness (QED) is 0.534. The SMILES string of the molecule is CN=C(NCCc1c[nH]c2cc(F)ccc12)NCC(C)N(C)C1CC1. The summed E-state index contributed by atoms with van der Waals surface area (Å²) in [6.45, 7) is 3.89. The summed E-state index contributed by atoms with van der Waals surface area (Å²) in [5, 5.41) is 7.83. The van der Waals surface area contributed by atoms with Crippen molar-refractivity contribution in [2.24, 2.45) is 4.99 Å². The lowest BCUT2D eigenvalue weighted by Gasteiger charge is -2.25. The Bertz CT molecular complexity index is 734. The lowest BCUT2D eigenvalue weighted by molar-refractivity contribution is 0.247. The van der Waals surface area contributed by atoms with Gasteiger partial charge in [-0.15, -0.1) is 0 Å². The Morgan fingerprint density at radius 3 is 2.92 bits per heavy atom. The van der Waals surface area contributed by atoms with Gasteiger partial charge in [0.15, 0.2) is 5.96 Å². The van der Waals surface area contributed by atoms with Gasteiger partial charge in [0.2, 0.25) is 0 Å². The fraction of sp³-hybridized carbons (Fsp3) is 0.526. The molecule has 1 fully saturated rings. The smallest absolute Gasteiger partial charge is 0.191 e. The first kappa shape index (κ1) is 17.7. The molecule has 1 heterocycles. The second-order valence-corrected chi connectivity index (χ2v) is 6.88. The Balaban J connectivity index is 1.46. The molecule has 3 N–H and O–H groups in total. The predicted molar refractivity (Wildman–Crippen MR) is 102 cm³/mol. The zero-order valence-corrected chi connectivity index (χ0v) is 15.3. The van der Waals surface area contributed by atoms with E-state index < -0.39 is 0 Å². The van der Waals surface area contributed by atoms with Gasteiger partial charge in [-0.1, -0.05) is 0 Å². The maximum Gasteiger partial charge on any atom is 0.191 e. The van der Waals surface area contributed by atoms with Crippen LogP contribution in [-0.2, 0) is 6.42 Å². The fourth-order valence-corrected chi connectivity index (χ4v) is 3.13. The molecule has 25 heavy (non-hydrogen) atoms. The first-order valence-corrected chi connectivity index (χ1v) is 9.00. The molecule has 1 atom stereocenters. The highest BCUT2D eigenvalue weighted by molar-refractivity contribution is 5.83. The van der Waals surface area contributed by atoms with Crippen LogP contribution < -0.4 is 10.6 Å². The highest BCUT2D eigenvalue weighted by atomic mass is 19.1. The average molecular weight is 345 g/mol. The summed E-state index contributed by atoms with van der Waals surface area (Å²) in [4.78, 5) is 9.86. The van der Waals surface area contributed by atoms with E-state index in [1.165, 1.54) is 30.5 Å². The zero-order chi connectivity index (χ0) is 17.8. The Kier molecular flexibility index (Phi) is 5.58. The molecule has 0 spiro atoms. The minimum Gasteiger partial charge on any atom is -0.361 e. The summed E-state index contributed by atoms with van der Waals surface area (Å²) < 4.78 is 13.3. The third-order valence-corrected chi connectivity index (χ3v) is 5.02. The largest absolute Gasteiger partial charge is 0.361 e. The Labute approximate surface area is 148 Å². The molecule has 0 bridgehead atoms. The van der Waals surface area contributed by atoms with Crippen molar-refractivity contribution in [2.75, 3.05) is 27.2 Å². The number of hydrogen-bond donors (Lipinski definition) is 3. The molecule has 1 aliphatic rings. The minimum atomic E-state index is -0.214. The molecule has 0 saturated heterocycles. The van der Waals surface area contributed by atoms with E-state index in [2.05, 4.69) is 39.5 Å². The van der Waals surface area contributed by atoms with Gasteiger partial charge >= 0.3 is 0 Å². The van der Waals surface area contributed by atoms with Crippen LogP contribution in [-0.4, -0.2) is 55.1 Å². The van der Waals surface area contributed by atoms with Crippen molar-refractivity contribution in [3.8, 4) is 0 Å².